The summed E-state index contributed by atoms with van der Waals surface area (Å²) in [5.74, 6) is 1.31. The summed E-state index contributed by atoms with van der Waals surface area (Å²) in [6.07, 6.45) is 2.71. The van der Waals surface area contributed by atoms with Gasteiger partial charge in [-0.1, -0.05) is 42.5 Å². The van der Waals surface area contributed by atoms with Crippen molar-refractivity contribution in [3.05, 3.63) is 89.5 Å². The van der Waals surface area contributed by atoms with Gasteiger partial charge in [-0.2, -0.15) is 5.10 Å². The molecule has 37 heavy (non-hydrogen) atoms. The Kier molecular flexibility index (Phi) is 8.75. The summed E-state index contributed by atoms with van der Waals surface area (Å²) in [6, 6.07) is 22.6. The van der Waals surface area contributed by atoms with Gasteiger partial charge in [0, 0.05) is 36.2 Å². The topological polar surface area (TPSA) is 89.5 Å². The average molecular weight is 502 g/mol. The van der Waals surface area contributed by atoms with Crippen molar-refractivity contribution in [1.82, 2.24) is 10.3 Å². The number of methoxy groups -OCH3 is 2. The fourth-order valence-electron chi connectivity index (χ4n) is 4.17. The number of piperidine rings is 1. The average Bonchev–Trinajstić information content (AvgIpc) is 2.96. The van der Waals surface area contributed by atoms with E-state index >= 15 is 0 Å². The minimum absolute atomic E-state index is 0.110. The van der Waals surface area contributed by atoms with Crippen molar-refractivity contribution in [2.45, 2.75) is 19.4 Å². The first-order valence-electron chi connectivity index (χ1n) is 12.2. The third-order valence-electron chi connectivity index (χ3n) is 6.29. The van der Waals surface area contributed by atoms with Crippen LogP contribution in [0.1, 0.15) is 34.3 Å². The first-order chi connectivity index (χ1) is 18.1. The van der Waals surface area contributed by atoms with Crippen molar-refractivity contribution in [2.75, 3.05) is 27.3 Å². The maximum atomic E-state index is 13.0. The van der Waals surface area contributed by atoms with Gasteiger partial charge in [0.25, 0.3) is 5.91 Å². The zero-order valence-electron chi connectivity index (χ0n) is 21.1. The third-order valence-corrected chi connectivity index (χ3v) is 6.29. The minimum Gasteiger partial charge on any atom is -0.497 e. The molecule has 0 aromatic heterocycles. The van der Waals surface area contributed by atoms with Crippen molar-refractivity contribution in [2.24, 2.45) is 11.0 Å². The Morgan fingerprint density at radius 1 is 0.946 bits per heavy atom. The summed E-state index contributed by atoms with van der Waals surface area (Å²) in [4.78, 5) is 27.5. The lowest BCUT2D eigenvalue weighted by molar-refractivity contribution is -0.126. The van der Waals surface area contributed by atoms with E-state index in [1.165, 1.54) is 0 Å². The normalized spacial score (nSPS) is 13.8. The van der Waals surface area contributed by atoms with Crippen LogP contribution in [0.25, 0.3) is 0 Å². The second-order valence-electron chi connectivity index (χ2n) is 8.71. The number of nitrogens with zero attached hydrogens (tertiary/aromatic N) is 2. The van der Waals surface area contributed by atoms with Gasteiger partial charge in [0.05, 0.1) is 20.4 Å². The van der Waals surface area contributed by atoms with Crippen molar-refractivity contribution >= 4 is 18.0 Å². The van der Waals surface area contributed by atoms with Crippen LogP contribution in [0.15, 0.2) is 77.9 Å². The predicted octanol–water partition coefficient (Wildman–Crippen LogP) is 4.29. The molecule has 1 saturated heterocycles. The van der Waals surface area contributed by atoms with E-state index < -0.39 is 0 Å². The molecule has 0 bridgehead atoms. The lowest BCUT2D eigenvalue weighted by Gasteiger charge is -2.31. The standard InChI is InChI=1S/C29H31N3O5/c1-35-25-16-24(17-26(18-25)36-2)29(34)32-14-12-22(13-15-32)28(33)31-30-19-23-10-6-7-11-27(23)37-20-21-8-4-3-5-9-21/h3-11,16-19,22H,12-15,20H2,1-2H3,(H,31,33). The molecule has 0 unspecified atom stereocenters. The molecule has 0 saturated carbocycles. The molecular formula is C29H31N3O5. The van der Waals surface area contributed by atoms with Gasteiger partial charge >= 0.3 is 0 Å². The van der Waals surface area contributed by atoms with Crippen LogP contribution in [0.3, 0.4) is 0 Å². The fraction of sp³-hybridized carbons (Fsp3) is 0.276. The van der Waals surface area contributed by atoms with Crippen LogP contribution in [0.4, 0.5) is 0 Å². The molecule has 1 aliphatic heterocycles. The van der Waals surface area contributed by atoms with E-state index in [0.29, 0.717) is 55.4 Å². The van der Waals surface area contributed by atoms with E-state index in [9.17, 15) is 9.59 Å². The van der Waals surface area contributed by atoms with Gasteiger partial charge in [0.15, 0.2) is 0 Å². The van der Waals surface area contributed by atoms with Crippen molar-refractivity contribution in [3.63, 3.8) is 0 Å². The Bertz CT molecular complexity index is 1220. The Labute approximate surface area is 216 Å². The van der Waals surface area contributed by atoms with Crippen molar-refractivity contribution in [3.8, 4) is 17.2 Å². The molecule has 1 aliphatic rings. The second-order valence-corrected chi connectivity index (χ2v) is 8.71. The Morgan fingerprint density at radius 2 is 1.59 bits per heavy atom. The van der Waals surface area contributed by atoms with Gasteiger partial charge in [-0.15, -0.1) is 0 Å². The van der Waals surface area contributed by atoms with Gasteiger partial charge in [-0.25, -0.2) is 5.43 Å². The summed E-state index contributed by atoms with van der Waals surface area (Å²) in [5.41, 5.74) is 4.98. The van der Waals surface area contributed by atoms with Crippen molar-refractivity contribution in [1.29, 1.82) is 0 Å². The highest BCUT2D eigenvalue weighted by molar-refractivity contribution is 5.95. The highest BCUT2D eigenvalue weighted by Crippen LogP contribution is 2.25. The molecule has 1 N–H and O–H groups in total. The van der Waals surface area contributed by atoms with E-state index in [2.05, 4.69) is 10.5 Å². The molecule has 3 aromatic carbocycles. The van der Waals surface area contributed by atoms with Crippen LogP contribution in [0.2, 0.25) is 0 Å². The summed E-state index contributed by atoms with van der Waals surface area (Å²) < 4.78 is 16.5. The third kappa shape index (κ3) is 6.88. The highest BCUT2D eigenvalue weighted by atomic mass is 16.5. The number of nitrogens with one attached hydrogen (secondary N) is 1. The summed E-state index contributed by atoms with van der Waals surface area (Å²) in [6.45, 7) is 1.41. The van der Waals surface area contributed by atoms with Gasteiger partial charge in [0.1, 0.15) is 23.9 Å². The Balaban J connectivity index is 1.29. The lowest BCUT2D eigenvalue weighted by Crippen LogP contribution is -2.42. The van der Waals surface area contributed by atoms with E-state index in [-0.39, 0.29) is 17.7 Å². The Morgan fingerprint density at radius 3 is 2.27 bits per heavy atom. The summed E-state index contributed by atoms with van der Waals surface area (Å²) in [7, 11) is 3.10. The monoisotopic (exact) mass is 501 g/mol. The maximum absolute atomic E-state index is 13.0. The number of likely N-dealkylation sites (tertiary alicyclic amines) is 1. The number of carbonyl (C=O) groups is 2. The number of hydrazone groups is 1. The van der Waals surface area contributed by atoms with Crippen LogP contribution in [-0.2, 0) is 11.4 Å². The first-order valence-corrected chi connectivity index (χ1v) is 12.2. The highest BCUT2D eigenvalue weighted by Gasteiger charge is 2.28. The van der Waals surface area contributed by atoms with Crippen LogP contribution >= 0.6 is 0 Å². The Hall–Kier alpha value is -4.33. The minimum atomic E-state index is -0.217. The SMILES string of the molecule is COc1cc(OC)cc(C(=O)N2CCC(C(=O)NN=Cc3ccccc3OCc3ccccc3)CC2)c1. The largest absolute Gasteiger partial charge is 0.497 e. The van der Waals surface area contributed by atoms with Gasteiger partial charge < -0.3 is 19.1 Å². The summed E-state index contributed by atoms with van der Waals surface area (Å²) in [5, 5.41) is 4.16. The van der Waals surface area contributed by atoms with Crippen LogP contribution in [0.5, 0.6) is 17.2 Å². The zero-order valence-corrected chi connectivity index (χ0v) is 21.1. The number of hydrogen-bond donors (Lipinski definition) is 1. The number of benzene rings is 3. The molecule has 8 nitrogen and oxygen atoms in total. The van der Waals surface area contributed by atoms with E-state index in [1.807, 2.05) is 54.6 Å². The smallest absolute Gasteiger partial charge is 0.254 e. The lowest BCUT2D eigenvalue weighted by atomic mass is 9.95. The van der Waals surface area contributed by atoms with Crippen LogP contribution in [-0.4, -0.2) is 50.2 Å². The molecule has 0 aliphatic carbocycles. The maximum Gasteiger partial charge on any atom is 0.254 e. The molecule has 0 spiro atoms. The van der Waals surface area contributed by atoms with Gasteiger partial charge in [0.2, 0.25) is 5.91 Å². The number of hydrogen-bond acceptors (Lipinski definition) is 6. The number of carbonyl (C=O) groups excluding carboxylic acids is 2. The second kappa shape index (κ2) is 12.6. The van der Waals surface area contributed by atoms with Crippen LogP contribution < -0.4 is 19.6 Å². The molecule has 1 fully saturated rings. The van der Waals surface area contributed by atoms with Crippen LogP contribution in [0, 0.1) is 5.92 Å². The molecule has 192 valence electrons. The molecule has 1 heterocycles. The predicted molar refractivity (Wildman–Crippen MR) is 141 cm³/mol. The fourth-order valence-corrected chi connectivity index (χ4v) is 4.17. The molecule has 3 aromatic rings. The molecular weight excluding hydrogens is 470 g/mol. The molecule has 2 amide bonds. The van der Waals surface area contributed by atoms with E-state index in [1.54, 1.807) is 43.5 Å². The summed E-state index contributed by atoms with van der Waals surface area (Å²) >= 11 is 0. The van der Waals surface area contributed by atoms with Gasteiger partial charge in [-0.3, -0.25) is 9.59 Å². The number of amides is 2. The molecule has 8 heteroatoms. The molecule has 4 rings (SSSR count). The van der Waals surface area contributed by atoms with Crippen molar-refractivity contribution < 1.29 is 23.8 Å². The number of para-hydroxylation sites is 1. The van der Waals surface area contributed by atoms with E-state index in [0.717, 1.165) is 11.1 Å². The zero-order chi connectivity index (χ0) is 26.0. The molecule has 0 atom stereocenters. The van der Waals surface area contributed by atoms with E-state index in [4.69, 9.17) is 14.2 Å². The van der Waals surface area contributed by atoms with Gasteiger partial charge in [-0.05, 0) is 42.7 Å². The number of ether oxygens (including phenoxy) is 3. The first kappa shape index (κ1) is 25.8. The quantitative estimate of drug-likeness (QED) is 0.349. The molecule has 0 radical (unpaired) electrons. The number of rotatable bonds is 9.